The maximum atomic E-state index is 10.3. The van der Waals surface area contributed by atoms with Crippen molar-refractivity contribution < 1.29 is 24.6 Å². The van der Waals surface area contributed by atoms with Gasteiger partial charge in [-0.1, -0.05) is 0 Å². The van der Waals surface area contributed by atoms with Crippen LogP contribution in [0.15, 0.2) is 0 Å². The molecule has 0 heterocycles. The number of hydrogen-bond donors (Lipinski definition) is 6. The van der Waals surface area contributed by atoms with E-state index in [9.17, 15) is 14.4 Å². The van der Waals surface area contributed by atoms with Crippen molar-refractivity contribution in [2.75, 3.05) is 11.5 Å². The van der Waals surface area contributed by atoms with Crippen LogP contribution < -0.4 is 11.1 Å². The summed E-state index contributed by atoms with van der Waals surface area (Å²) in [5.41, 5.74) is 4.94. The molecule has 0 radical (unpaired) electrons. The molecular formula is C8H16N2O5S2. The van der Waals surface area contributed by atoms with E-state index in [-0.39, 0.29) is 17.4 Å². The van der Waals surface area contributed by atoms with Crippen molar-refractivity contribution in [2.45, 2.75) is 19.0 Å². The van der Waals surface area contributed by atoms with Crippen LogP contribution >= 0.6 is 25.3 Å². The van der Waals surface area contributed by atoms with Crippen molar-refractivity contribution in [2.24, 2.45) is 5.73 Å². The third-order valence-corrected chi connectivity index (χ3v) is 2.13. The van der Waals surface area contributed by atoms with Crippen LogP contribution in [0.3, 0.4) is 0 Å². The fourth-order valence-electron chi connectivity index (χ4n) is 0.509. The summed E-state index contributed by atoms with van der Waals surface area (Å²) in [6.07, 6.45) is 0. The Balaban J connectivity index is 0. The lowest BCUT2D eigenvalue weighted by Crippen LogP contribution is -2.40. The maximum absolute atomic E-state index is 10.3. The highest BCUT2D eigenvalue weighted by Crippen LogP contribution is 1.87. The van der Waals surface area contributed by atoms with Gasteiger partial charge in [-0.15, -0.1) is 0 Å². The Hall–Kier alpha value is -0.930. The number of carboxylic acids is 2. The lowest BCUT2D eigenvalue weighted by Gasteiger charge is -2.08. The molecule has 9 heteroatoms. The number of rotatable bonds is 5. The maximum Gasteiger partial charge on any atom is 0.327 e. The highest BCUT2D eigenvalue weighted by molar-refractivity contribution is 7.80. The van der Waals surface area contributed by atoms with E-state index >= 15 is 0 Å². The van der Waals surface area contributed by atoms with E-state index in [0.717, 1.165) is 0 Å². The number of nitrogens with one attached hydrogen (secondary N) is 1. The van der Waals surface area contributed by atoms with Crippen molar-refractivity contribution in [3.8, 4) is 0 Å². The Bertz CT molecular complexity index is 275. The number of amides is 1. The van der Waals surface area contributed by atoms with Gasteiger partial charge in [-0.2, -0.15) is 25.3 Å². The molecule has 0 bridgehead atoms. The Kier molecular flexibility index (Phi) is 11.1. The van der Waals surface area contributed by atoms with E-state index in [2.05, 4.69) is 30.6 Å². The average Bonchev–Trinajstić information content (AvgIpc) is 2.24. The first-order valence-electron chi connectivity index (χ1n) is 4.46. The Labute approximate surface area is 110 Å². The number of carbonyl (C=O) groups is 3. The highest BCUT2D eigenvalue weighted by Gasteiger charge is 2.15. The fraction of sp³-hybridized carbons (Fsp3) is 0.625. The predicted octanol–water partition coefficient (Wildman–Crippen LogP) is -1.17. The fourth-order valence-corrected chi connectivity index (χ4v) is 0.913. The number of nitrogens with two attached hydrogens (primary N) is 1. The molecule has 5 N–H and O–H groups in total. The third-order valence-electron chi connectivity index (χ3n) is 1.37. The molecular weight excluding hydrogens is 268 g/mol. The number of carboxylic acid groups (broad SMARTS) is 2. The topological polar surface area (TPSA) is 130 Å². The van der Waals surface area contributed by atoms with Gasteiger partial charge in [0.05, 0.1) is 0 Å². The van der Waals surface area contributed by atoms with Crippen LogP contribution in [-0.4, -0.2) is 51.6 Å². The summed E-state index contributed by atoms with van der Waals surface area (Å²) in [6.45, 7) is 1.26. The molecule has 17 heavy (non-hydrogen) atoms. The molecule has 1 unspecified atom stereocenters. The largest absolute Gasteiger partial charge is 0.480 e. The van der Waals surface area contributed by atoms with E-state index in [0.29, 0.717) is 0 Å². The second kappa shape index (κ2) is 10.2. The minimum absolute atomic E-state index is 0.106. The molecule has 0 aliphatic heterocycles. The molecule has 0 fully saturated rings. The Morgan fingerprint density at radius 3 is 1.71 bits per heavy atom. The summed E-state index contributed by atoms with van der Waals surface area (Å²) in [5.74, 6) is -2.13. The molecule has 0 aromatic carbocycles. The first kappa shape index (κ1) is 18.4. The summed E-state index contributed by atoms with van der Waals surface area (Å²) in [5, 5.41) is 18.6. The summed E-state index contributed by atoms with van der Waals surface area (Å²) in [6, 6.07) is -1.69. The van der Waals surface area contributed by atoms with Gasteiger partial charge < -0.3 is 21.3 Å². The zero-order valence-corrected chi connectivity index (χ0v) is 10.9. The lowest BCUT2D eigenvalue weighted by atomic mass is 10.3. The van der Waals surface area contributed by atoms with E-state index < -0.39 is 24.0 Å². The minimum atomic E-state index is -1.06. The van der Waals surface area contributed by atoms with Crippen LogP contribution in [0.1, 0.15) is 6.92 Å². The molecule has 1 amide bonds. The van der Waals surface area contributed by atoms with E-state index in [1.807, 2.05) is 0 Å². The van der Waals surface area contributed by atoms with Gasteiger partial charge in [-0.3, -0.25) is 9.59 Å². The molecule has 2 atom stereocenters. The average molecular weight is 284 g/mol. The summed E-state index contributed by atoms with van der Waals surface area (Å²) < 4.78 is 0. The van der Waals surface area contributed by atoms with Gasteiger partial charge in [0, 0.05) is 18.4 Å². The van der Waals surface area contributed by atoms with Crippen molar-refractivity contribution >= 4 is 43.1 Å². The normalized spacial score (nSPS) is 12.7. The van der Waals surface area contributed by atoms with Crippen molar-refractivity contribution in [1.82, 2.24) is 5.32 Å². The second-order valence-corrected chi connectivity index (χ2v) is 3.63. The monoisotopic (exact) mass is 284 g/mol. The van der Waals surface area contributed by atoms with Gasteiger partial charge >= 0.3 is 11.9 Å². The lowest BCUT2D eigenvalue weighted by molar-refractivity contribution is -0.140. The molecule has 100 valence electrons. The molecule has 7 nitrogen and oxygen atoms in total. The van der Waals surface area contributed by atoms with E-state index in [1.54, 1.807) is 0 Å². The summed E-state index contributed by atoms with van der Waals surface area (Å²) in [4.78, 5) is 30.3. The molecule has 0 aromatic heterocycles. The predicted molar refractivity (Wildman–Crippen MR) is 68.6 cm³/mol. The summed E-state index contributed by atoms with van der Waals surface area (Å²) in [7, 11) is 0. The number of hydrogen-bond acceptors (Lipinski definition) is 6. The van der Waals surface area contributed by atoms with Gasteiger partial charge in [0.1, 0.15) is 12.1 Å². The zero-order chi connectivity index (χ0) is 14.0. The quantitative estimate of drug-likeness (QED) is 0.353. The van der Waals surface area contributed by atoms with Gasteiger partial charge in [0.25, 0.3) is 0 Å². The molecule has 0 aromatic rings. The highest BCUT2D eigenvalue weighted by atomic mass is 32.1. The van der Waals surface area contributed by atoms with Crippen LogP contribution in [-0.2, 0) is 14.4 Å². The molecule has 0 spiro atoms. The molecule has 0 aliphatic carbocycles. The standard InChI is InChI=1S/C5H9NO3S.C3H7NO2S/c1-3(7)6-4(2-10)5(8)9;4-2(1-7)3(5)6/h4,10H,2H2,1H3,(H,6,7)(H,8,9);2,7H,1,4H2,(H,5,6)/t4-;/m1./s1. The first-order chi connectivity index (χ1) is 7.76. The van der Waals surface area contributed by atoms with Crippen LogP contribution in [0, 0.1) is 0 Å². The Morgan fingerprint density at radius 2 is 1.65 bits per heavy atom. The SMILES string of the molecule is CC(=O)N[C@H](CS)C(=O)O.NC(CS)C(=O)O. The minimum Gasteiger partial charge on any atom is -0.480 e. The van der Waals surface area contributed by atoms with Gasteiger partial charge in [-0.05, 0) is 0 Å². The number of thiol groups is 2. The zero-order valence-electron chi connectivity index (χ0n) is 9.16. The van der Waals surface area contributed by atoms with E-state index in [4.69, 9.17) is 15.9 Å². The van der Waals surface area contributed by atoms with Gasteiger partial charge in [0.15, 0.2) is 0 Å². The number of carbonyl (C=O) groups excluding carboxylic acids is 1. The molecule has 0 aliphatic rings. The number of aliphatic carboxylic acids is 2. The third kappa shape index (κ3) is 11.3. The van der Waals surface area contributed by atoms with Gasteiger partial charge in [-0.25, -0.2) is 4.79 Å². The van der Waals surface area contributed by atoms with Crippen molar-refractivity contribution in [1.29, 1.82) is 0 Å². The van der Waals surface area contributed by atoms with Crippen molar-refractivity contribution in [3.05, 3.63) is 0 Å². The van der Waals surface area contributed by atoms with Crippen LogP contribution in [0.2, 0.25) is 0 Å². The first-order valence-corrected chi connectivity index (χ1v) is 5.72. The summed E-state index contributed by atoms with van der Waals surface area (Å²) >= 11 is 7.38. The smallest absolute Gasteiger partial charge is 0.327 e. The Morgan fingerprint density at radius 1 is 1.18 bits per heavy atom. The molecule has 0 saturated carbocycles. The van der Waals surface area contributed by atoms with Crippen LogP contribution in [0.4, 0.5) is 0 Å². The van der Waals surface area contributed by atoms with Crippen LogP contribution in [0.5, 0.6) is 0 Å². The molecule has 0 saturated heterocycles. The second-order valence-electron chi connectivity index (χ2n) is 2.90. The van der Waals surface area contributed by atoms with Crippen LogP contribution in [0.25, 0.3) is 0 Å². The van der Waals surface area contributed by atoms with Gasteiger partial charge in [0.2, 0.25) is 5.91 Å². The molecule has 0 rings (SSSR count). The van der Waals surface area contributed by atoms with E-state index in [1.165, 1.54) is 6.92 Å². The van der Waals surface area contributed by atoms with Crippen molar-refractivity contribution in [3.63, 3.8) is 0 Å².